The molecule has 21 heavy (non-hydrogen) atoms. The molecule has 0 aliphatic rings. The summed E-state index contributed by atoms with van der Waals surface area (Å²) >= 11 is 0. The van der Waals surface area contributed by atoms with Crippen molar-refractivity contribution in [2.45, 2.75) is 13.3 Å². The number of nitrogens with one attached hydrogen (secondary N) is 1. The zero-order valence-electron chi connectivity index (χ0n) is 11.5. The fraction of sp³-hybridized carbons (Fsp3) is 0.385. The predicted octanol–water partition coefficient (Wildman–Crippen LogP) is 0.913. The molecular formula is C13H17NO6S. The fourth-order valence-electron chi connectivity index (χ4n) is 1.55. The third-order valence-electron chi connectivity index (χ3n) is 2.44. The summed E-state index contributed by atoms with van der Waals surface area (Å²) in [6.07, 6.45) is -0.523. The van der Waals surface area contributed by atoms with Gasteiger partial charge in [0.25, 0.3) is 0 Å². The first-order chi connectivity index (χ1) is 9.84. The van der Waals surface area contributed by atoms with Crippen LogP contribution in [0, 0.1) is 0 Å². The van der Waals surface area contributed by atoms with Crippen LogP contribution in [0.5, 0.6) is 5.75 Å². The average molecular weight is 315 g/mol. The molecule has 0 aliphatic carbocycles. The Morgan fingerprint density at radius 1 is 1.29 bits per heavy atom. The third-order valence-corrected chi connectivity index (χ3v) is 3.97. The molecule has 0 aliphatic heterocycles. The van der Waals surface area contributed by atoms with E-state index < -0.39 is 39.6 Å². The van der Waals surface area contributed by atoms with E-state index in [2.05, 4.69) is 5.32 Å². The first kappa shape index (κ1) is 17.0. The number of amides is 1. The minimum atomic E-state index is -3.75. The molecule has 2 N–H and O–H groups in total. The Morgan fingerprint density at radius 3 is 2.57 bits per heavy atom. The van der Waals surface area contributed by atoms with Gasteiger partial charge >= 0.3 is 5.97 Å². The van der Waals surface area contributed by atoms with Crippen molar-refractivity contribution in [1.82, 2.24) is 0 Å². The van der Waals surface area contributed by atoms with Crippen LogP contribution in [0.2, 0.25) is 0 Å². The van der Waals surface area contributed by atoms with E-state index >= 15 is 0 Å². The normalized spacial score (nSPS) is 10.9. The number of carbonyl (C=O) groups is 2. The number of ether oxygens (including phenoxy) is 1. The quantitative estimate of drug-likeness (QED) is 0.738. The van der Waals surface area contributed by atoms with Gasteiger partial charge in [-0.2, -0.15) is 0 Å². The Bertz CT molecular complexity index is 611. The maximum atomic E-state index is 11.7. The molecule has 0 fully saturated rings. The fourth-order valence-corrected chi connectivity index (χ4v) is 2.65. The van der Waals surface area contributed by atoms with E-state index in [9.17, 15) is 18.0 Å². The molecule has 8 heteroatoms. The molecule has 116 valence electrons. The molecule has 0 bridgehead atoms. The number of carboxylic acid groups (broad SMARTS) is 1. The van der Waals surface area contributed by atoms with Gasteiger partial charge in [-0.25, -0.2) is 8.42 Å². The van der Waals surface area contributed by atoms with Crippen molar-refractivity contribution >= 4 is 27.4 Å². The molecule has 1 amide bonds. The van der Waals surface area contributed by atoms with Crippen LogP contribution in [0.1, 0.15) is 13.3 Å². The first-order valence-corrected chi connectivity index (χ1v) is 8.10. The number of carboxylic acids is 1. The van der Waals surface area contributed by atoms with Crippen LogP contribution >= 0.6 is 0 Å². The highest BCUT2D eigenvalue weighted by atomic mass is 32.2. The largest absolute Gasteiger partial charge is 0.492 e. The number of para-hydroxylation sites is 2. The molecule has 1 aromatic rings. The van der Waals surface area contributed by atoms with E-state index in [1.54, 1.807) is 31.2 Å². The minimum Gasteiger partial charge on any atom is -0.492 e. The SMILES string of the molecule is CCOc1ccccc1NC(=O)CS(=O)(=O)CCC(=O)O. The lowest BCUT2D eigenvalue weighted by Crippen LogP contribution is -2.25. The van der Waals surface area contributed by atoms with E-state index in [-0.39, 0.29) is 0 Å². The monoisotopic (exact) mass is 315 g/mol. The lowest BCUT2D eigenvalue weighted by Gasteiger charge is -2.11. The number of anilines is 1. The molecule has 0 atom stereocenters. The Hall–Kier alpha value is -2.09. The number of aliphatic carboxylic acids is 1. The van der Waals surface area contributed by atoms with Crippen LogP contribution in [-0.4, -0.2) is 43.5 Å². The standard InChI is InChI=1S/C13H17NO6S/c1-2-20-11-6-4-3-5-10(11)14-12(15)9-21(18,19)8-7-13(16)17/h3-6H,2,7-9H2,1H3,(H,14,15)(H,16,17). The van der Waals surface area contributed by atoms with Gasteiger partial charge in [-0.05, 0) is 19.1 Å². The van der Waals surface area contributed by atoms with Gasteiger partial charge in [0, 0.05) is 0 Å². The summed E-state index contributed by atoms with van der Waals surface area (Å²) in [6.45, 7) is 2.19. The maximum absolute atomic E-state index is 11.7. The van der Waals surface area contributed by atoms with E-state index in [1.807, 2.05) is 0 Å². The Labute approximate surface area is 122 Å². The summed E-state index contributed by atoms with van der Waals surface area (Å²) in [4.78, 5) is 22.1. The summed E-state index contributed by atoms with van der Waals surface area (Å²) < 4.78 is 28.5. The molecule has 0 saturated heterocycles. The molecule has 0 heterocycles. The summed E-state index contributed by atoms with van der Waals surface area (Å²) in [6, 6.07) is 6.64. The molecule has 1 aromatic carbocycles. The first-order valence-electron chi connectivity index (χ1n) is 6.28. The molecule has 0 radical (unpaired) electrons. The number of benzene rings is 1. The van der Waals surface area contributed by atoms with E-state index in [4.69, 9.17) is 9.84 Å². The highest BCUT2D eigenvalue weighted by Gasteiger charge is 2.19. The van der Waals surface area contributed by atoms with Crippen LogP contribution < -0.4 is 10.1 Å². The van der Waals surface area contributed by atoms with Crippen molar-refractivity contribution in [2.75, 3.05) is 23.4 Å². The highest BCUT2D eigenvalue weighted by molar-refractivity contribution is 7.92. The van der Waals surface area contributed by atoms with Gasteiger partial charge < -0.3 is 15.2 Å². The predicted molar refractivity (Wildman–Crippen MR) is 77.1 cm³/mol. The molecule has 0 unspecified atom stereocenters. The summed E-state index contributed by atoms with van der Waals surface area (Å²) in [7, 11) is -3.75. The zero-order chi connectivity index (χ0) is 15.9. The number of sulfone groups is 1. The van der Waals surface area contributed by atoms with Crippen LogP contribution in [0.25, 0.3) is 0 Å². The van der Waals surface area contributed by atoms with Gasteiger partial charge in [-0.1, -0.05) is 12.1 Å². The molecule has 7 nitrogen and oxygen atoms in total. The molecule has 0 aromatic heterocycles. The molecule has 0 saturated carbocycles. The van der Waals surface area contributed by atoms with Crippen molar-refractivity contribution in [1.29, 1.82) is 0 Å². The summed E-state index contributed by atoms with van der Waals surface area (Å²) in [5.41, 5.74) is 0.373. The van der Waals surface area contributed by atoms with Gasteiger partial charge in [0.15, 0.2) is 9.84 Å². The Morgan fingerprint density at radius 2 is 1.95 bits per heavy atom. The van der Waals surface area contributed by atoms with Gasteiger partial charge in [-0.15, -0.1) is 0 Å². The Balaban J connectivity index is 2.67. The summed E-state index contributed by atoms with van der Waals surface area (Å²) in [5.74, 6) is -2.84. The second kappa shape index (κ2) is 7.63. The Kier molecular flexibility index (Phi) is 6.16. The van der Waals surface area contributed by atoms with E-state index in [0.29, 0.717) is 18.0 Å². The maximum Gasteiger partial charge on any atom is 0.304 e. The van der Waals surface area contributed by atoms with Crippen LogP contribution in [-0.2, 0) is 19.4 Å². The number of rotatable bonds is 8. The number of hydrogen-bond acceptors (Lipinski definition) is 5. The van der Waals surface area contributed by atoms with Crippen LogP contribution in [0.15, 0.2) is 24.3 Å². The second-order valence-electron chi connectivity index (χ2n) is 4.21. The van der Waals surface area contributed by atoms with Crippen LogP contribution in [0.3, 0.4) is 0 Å². The highest BCUT2D eigenvalue weighted by Crippen LogP contribution is 2.23. The third kappa shape index (κ3) is 6.26. The van der Waals surface area contributed by atoms with Crippen molar-refractivity contribution in [3.05, 3.63) is 24.3 Å². The minimum absolute atomic E-state index is 0.373. The number of carbonyl (C=O) groups excluding carboxylic acids is 1. The van der Waals surface area contributed by atoms with Crippen molar-refractivity contribution in [3.8, 4) is 5.75 Å². The number of hydrogen-bond donors (Lipinski definition) is 2. The van der Waals surface area contributed by atoms with E-state index in [0.717, 1.165) is 0 Å². The second-order valence-corrected chi connectivity index (χ2v) is 6.40. The molecule has 1 rings (SSSR count). The lowest BCUT2D eigenvalue weighted by atomic mass is 10.3. The van der Waals surface area contributed by atoms with Gasteiger partial charge in [0.1, 0.15) is 11.5 Å². The lowest BCUT2D eigenvalue weighted by molar-refractivity contribution is -0.136. The smallest absolute Gasteiger partial charge is 0.304 e. The van der Waals surface area contributed by atoms with Crippen molar-refractivity contribution in [2.24, 2.45) is 0 Å². The topological polar surface area (TPSA) is 110 Å². The zero-order valence-corrected chi connectivity index (χ0v) is 12.4. The van der Waals surface area contributed by atoms with Gasteiger partial charge in [0.2, 0.25) is 5.91 Å². The average Bonchev–Trinajstić information content (AvgIpc) is 2.38. The van der Waals surface area contributed by atoms with Crippen molar-refractivity contribution < 1.29 is 27.9 Å². The molecular weight excluding hydrogens is 298 g/mol. The van der Waals surface area contributed by atoms with E-state index in [1.165, 1.54) is 0 Å². The van der Waals surface area contributed by atoms with Crippen molar-refractivity contribution in [3.63, 3.8) is 0 Å². The van der Waals surface area contributed by atoms with Gasteiger partial charge in [-0.3, -0.25) is 9.59 Å². The van der Waals surface area contributed by atoms with Gasteiger partial charge in [0.05, 0.1) is 24.5 Å². The summed E-state index contributed by atoms with van der Waals surface area (Å²) in [5, 5.41) is 10.9. The van der Waals surface area contributed by atoms with Crippen LogP contribution in [0.4, 0.5) is 5.69 Å². The molecule has 0 spiro atoms.